The Labute approximate surface area is 346 Å². The third-order valence-corrected chi connectivity index (χ3v) is 13.2. The van der Waals surface area contributed by atoms with Crippen molar-refractivity contribution in [1.29, 1.82) is 0 Å². The van der Waals surface area contributed by atoms with Crippen molar-refractivity contribution in [3.8, 4) is 0 Å². The molecule has 0 bridgehead atoms. The molecule has 0 unspecified atom stereocenters. The lowest BCUT2D eigenvalue weighted by Gasteiger charge is -2.24. The topological polar surface area (TPSA) is 9.86 Å². The van der Waals surface area contributed by atoms with Gasteiger partial charge in [0, 0.05) is 53.4 Å². The minimum atomic E-state index is 0.635. The largest absolute Gasteiger partial charge is 0.340 e. The van der Waals surface area contributed by atoms with Crippen LogP contribution < -0.4 is 0 Å². The van der Waals surface area contributed by atoms with Crippen molar-refractivity contribution in [1.82, 2.24) is 9.13 Å². The van der Waals surface area contributed by atoms with E-state index in [4.69, 9.17) is 0 Å². The molecule has 2 aliphatic carbocycles. The zero-order valence-electron chi connectivity index (χ0n) is 30.5. The molecule has 0 spiro atoms. The molecule has 2 aromatic heterocycles. The van der Waals surface area contributed by atoms with Crippen molar-refractivity contribution in [2.24, 2.45) is 0 Å². The predicted molar refractivity (Wildman–Crippen MR) is 243 cm³/mol. The van der Waals surface area contributed by atoms with E-state index in [1.165, 1.54) is 64.0 Å². The van der Waals surface area contributed by atoms with Crippen LogP contribution in [-0.4, -0.2) is 9.13 Å². The van der Waals surface area contributed by atoms with E-state index in [2.05, 4.69) is 212 Å². The quantitative estimate of drug-likeness (QED) is 0.147. The van der Waals surface area contributed by atoms with Gasteiger partial charge >= 0.3 is 0 Å². The summed E-state index contributed by atoms with van der Waals surface area (Å²) in [6.45, 7) is 1.92. The van der Waals surface area contributed by atoms with Crippen molar-refractivity contribution in [3.63, 3.8) is 0 Å². The summed E-state index contributed by atoms with van der Waals surface area (Å²) in [6.07, 6.45) is 7.10. The second-order valence-electron chi connectivity index (χ2n) is 15.0. The van der Waals surface area contributed by atoms with Crippen LogP contribution in [0.3, 0.4) is 0 Å². The Morgan fingerprint density at radius 1 is 0.426 bits per heavy atom. The highest BCUT2D eigenvalue weighted by Gasteiger charge is 2.27. The molecule has 0 saturated carbocycles. The van der Waals surface area contributed by atoms with Crippen LogP contribution in [-0.2, 0) is 38.8 Å². The fraction of sp³-hybridized carbons (Fsp3) is 0.200. The Balaban J connectivity index is 0.000000142. The van der Waals surface area contributed by atoms with Gasteiger partial charge in [0.15, 0.2) is 0 Å². The smallest absolute Gasteiger partial charge is 0.0488 e. The van der Waals surface area contributed by atoms with Gasteiger partial charge in [0.25, 0.3) is 0 Å². The van der Waals surface area contributed by atoms with Gasteiger partial charge in [-0.1, -0.05) is 121 Å². The second kappa shape index (κ2) is 15.9. The van der Waals surface area contributed by atoms with Gasteiger partial charge in [-0.3, -0.25) is 0 Å². The number of hydrogen-bond donors (Lipinski definition) is 0. The summed E-state index contributed by atoms with van der Waals surface area (Å²) in [5.41, 5.74) is 14.7. The van der Waals surface area contributed by atoms with Gasteiger partial charge in [-0.15, -0.1) is 0 Å². The highest BCUT2D eigenvalue weighted by Crippen LogP contribution is 2.40. The third kappa shape index (κ3) is 7.32. The van der Waals surface area contributed by atoms with Gasteiger partial charge < -0.3 is 9.13 Å². The first-order chi connectivity index (χ1) is 26.6. The molecule has 0 amide bonds. The number of benzene rings is 6. The molecule has 6 aromatic carbocycles. The van der Waals surface area contributed by atoms with Crippen molar-refractivity contribution in [2.45, 2.75) is 63.5 Å². The number of aromatic nitrogens is 2. The second-order valence-corrected chi connectivity index (χ2v) is 17.5. The van der Waals surface area contributed by atoms with Gasteiger partial charge in [0.1, 0.15) is 0 Å². The molecule has 2 atom stereocenters. The van der Waals surface area contributed by atoms with Gasteiger partial charge in [-0.2, -0.15) is 0 Å². The molecular weight excluding hydrogens is 882 g/mol. The van der Waals surface area contributed by atoms with Gasteiger partial charge in [-0.25, -0.2) is 0 Å². The molecule has 0 radical (unpaired) electrons. The van der Waals surface area contributed by atoms with E-state index in [9.17, 15) is 0 Å². The van der Waals surface area contributed by atoms with E-state index in [0.29, 0.717) is 11.8 Å². The maximum Gasteiger partial charge on any atom is 0.0488 e. The summed E-state index contributed by atoms with van der Waals surface area (Å²) in [6, 6.07) is 57.9. The summed E-state index contributed by atoms with van der Waals surface area (Å²) in [7, 11) is 0. The van der Waals surface area contributed by atoms with Crippen LogP contribution in [0, 0.1) is 7.14 Å². The zero-order valence-corrected chi connectivity index (χ0v) is 34.8. The Bertz CT molecular complexity index is 2330. The van der Waals surface area contributed by atoms with E-state index in [1.807, 2.05) is 0 Å². The Kier molecular flexibility index (Phi) is 10.5. The minimum absolute atomic E-state index is 0.635. The summed E-state index contributed by atoms with van der Waals surface area (Å²) in [5.74, 6) is 1.27. The van der Waals surface area contributed by atoms with Crippen molar-refractivity contribution in [2.75, 3.05) is 0 Å². The lowest BCUT2D eigenvalue weighted by molar-refractivity contribution is 0.562. The highest BCUT2D eigenvalue weighted by atomic mass is 127. The third-order valence-electron chi connectivity index (χ3n) is 11.8. The SMILES string of the molecule is Ic1ccc(Cn2c3c(c4ccccc42)C[C@@H](c2ccccc2)CC3)cc1.Ic1ccc(Cn2c3c(c4ccccc42)C[C@@H](c2ccccc2)CC3)cc1. The Morgan fingerprint density at radius 3 is 1.20 bits per heavy atom. The molecule has 0 saturated heterocycles. The molecule has 268 valence electrons. The Hall–Kier alpha value is -4.14. The van der Waals surface area contributed by atoms with Crippen LogP contribution >= 0.6 is 45.2 Å². The maximum atomic E-state index is 2.56. The molecule has 0 N–H and O–H groups in total. The first kappa shape index (κ1) is 35.6. The Morgan fingerprint density at radius 2 is 0.796 bits per heavy atom. The fourth-order valence-corrected chi connectivity index (χ4v) is 9.85. The van der Waals surface area contributed by atoms with Gasteiger partial charge in [0.2, 0.25) is 0 Å². The van der Waals surface area contributed by atoms with E-state index in [1.54, 1.807) is 22.5 Å². The summed E-state index contributed by atoms with van der Waals surface area (Å²) < 4.78 is 7.71. The number of hydrogen-bond acceptors (Lipinski definition) is 0. The first-order valence-electron chi connectivity index (χ1n) is 19.4. The molecule has 8 aromatic rings. The standard InChI is InChI=1S/2C25H22IN/c2*26-21-13-10-18(11-14-21)17-27-24-9-5-4-8-22(24)23-16-20(12-15-25(23)27)19-6-2-1-3-7-19/h2*1-11,13-14,20H,12,15-17H2/t2*20-/m00/s1. The van der Waals surface area contributed by atoms with Crippen molar-refractivity contribution < 1.29 is 0 Å². The van der Waals surface area contributed by atoms with Crippen LogP contribution in [0.1, 0.15) is 69.4 Å². The van der Waals surface area contributed by atoms with E-state index in [0.717, 1.165) is 38.8 Å². The maximum absolute atomic E-state index is 2.56. The number of para-hydroxylation sites is 2. The van der Waals surface area contributed by atoms with Crippen LogP contribution in [0.5, 0.6) is 0 Å². The van der Waals surface area contributed by atoms with Gasteiger partial charge in [-0.05, 0) is 165 Å². The van der Waals surface area contributed by atoms with E-state index in [-0.39, 0.29) is 0 Å². The van der Waals surface area contributed by atoms with Crippen LogP contribution in [0.2, 0.25) is 0 Å². The normalized spacial score (nSPS) is 16.4. The van der Waals surface area contributed by atoms with Crippen LogP contribution in [0.15, 0.2) is 158 Å². The summed E-state index contributed by atoms with van der Waals surface area (Å²) in [4.78, 5) is 0. The molecule has 0 aliphatic heterocycles. The number of halogens is 2. The lowest BCUT2D eigenvalue weighted by Crippen LogP contribution is -2.15. The molecule has 2 aliphatic rings. The molecule has 2 nitrogen and oxygen atoms in total. The minimum Gasteiger partial charge on any atom is -0.340 e. The molecule has 2 heterocycles. The van der Waals surface area contributed by atoms with Crippen LogP contribution in [0.4, 0.5) is 0 Å². The summed E-state index contributed by atoms with van der Waals surface area (Å²) in [5, 5.41) is 2.89. The van der Waals surface area contributed by atoms with E-state index < -0.39 is 0 Å². The fourth-order valence-electron chi connectivity index (χ4n) is 9.13. The molecule has 10 rings (SSSR count). The number of fused-ring (bicyclic) bond motifs is 6. The average molecular weight is 927 g/mol. The first-order valence-corrected chi connectivity index (χ1v) is 21.5. The molecular formula is C50H44I2N2. The monoisotopic (exact) mass is 926 g/mol. The summed E-state index contributed by atoms with van der Waals surface area (Å²) >= 11 is 4.75. The van der Waals surface area contributed by atoms with Crippen molar-refractivity contribution in [3.05, 3.63) is 210 Å². The molecule has 0 fully saturated rings. The molecule has 4 heteroatoms. The highest BCUT2D eigenvalue weighted by molar-refractivity contribution is 14.1. The number of rotatable bonds is 6. The lowest BCUT2D eigenvalue weighted by atomic mass is 9.82. The zero-order chi connectivity index (χ0) is 36.4. The van der Waals surface area contributed by atoms with E-state index >= 15 is 0 Å². The van der Waals surface area contributed by atoms with Gasteiger partial charge in [0.05, 0.1) is 0 Å². The van der Waals surface area contributed by atoms with Crippen molar-refractivity contribution >= 4 is 67.0 Å². The molecule has 54 heavy (non-hydrogen) atoms. The average Bonchev–Trinajstić information content (AvgIpc) is 3.71. The predicted octanol–water partition coefficient (Wildman–Crippen LogP) is 13.1. The number of nitrogens with zero attached hydrogens (tertiary/aromatic N) is 2. The van der Waals surface area contributed by atoms with Crippen LogP contribution in [0.25, 0.3) is 21.8 Å².